The van der Waals surface area contributed by atoms with E-state index in [9.17, 15) is 5.11 Å². The Kier molecular flexibility index (Phi) is 2.38. The molecule has 0 radical (unpaired) electrons. The minimum atomic E-state index is -0.119. The standard InChI is InChI=1S/C10H18O/c1-4-10(3)7-5-6-9(11)8(10)2/h4,8-9,11H,1,5-7H2,2-3H3. The maximum Gasteiger partial charge on any atom is 0.0574 e. The largest absolute Gasteiger partial charge is 0.393 e. The highest BCUT2D eigenvalue weighted by molar-refractivity contribution is 4.99. The Bertz CT molecular complexity index is 153. The van der Waals surface area contributed by atoms with Gasteiger partial charge in [-0.15, -0.1) is 6.58 Å². The first-order valence-corrected chi connectivity index (χ1v) is 4.42. The van der Waals surface area contributed by atoms with E-state index in [1.54, 1.807) is 0 Å². The third-order valence-electron chi connectivity index (χ3n) is 3.30. The number of rotatable bonds is 1. The molecule has 1 rings (SSSR count). The summed E-state index contributed by atoms with van der Waals surface area (Å²) in [6, 6.07) is 0. The number of hydrogen-bond acceptors (Lipinski definition) is 1. The Labute approximate surface area is 69.1 Å². The highest BCUT2D eigenvalue weighted by atomic mass is 16.3. The number of hydrogen-bond donors (Lipinski definition) is 1. The van der Waals surface area contributed by atoms with Gasteiger partial charge in [0.15, 0.2) is 0 Å². The molecule has 0 aliphatic heterocycles. The second-order valence-corrected chi connectivity index (χ2v) is 3.96. The van der Waals surface area contributed by atoms with E-state index in [2.05, 4.69) is 20.4 Å². The quantitative estimate of drug-likeness (QED) is 0.575. The van der Waals surface area contributed by atoms with Gasteiger partial charge in [-0.1, -0.05) is 26.3 Å². The van der Waals surface area contributed by atoms with E-state index in [0.717, 1.165) is 12.8 Å². The van der Waals surface area contributed by atoms with Crippen molar-refractivity contribution >= 4 is 0 Å². The maximum absolute atomic E-state index is 9.60. The Hall–Kier alpha value is -0.300. The molecule has 64 valence electrons. The van der Waals surface area contributed by atoms with Crippen molar-refractivity contribution in [2.75, 3.05) is 0 Å². The summed E-state index contributed by atoms with van der Waals surface area (Å²) >= 11 is 0. The molecule has 3 unspecified atom stereocenters. The molecular formula is C10H18O. The lowest BCUT2D eigenvalue weighted by molar-refractivity contribution is 0.0166. The van der Waals surface area contributed by atoms with Crippen LogP contribution in [0.2, 0.25) is 0 Å². The molecule has 11 heavy (non-hydrogen) atoms. The highest BCUT2D eigenvalue weighted by Crippen LogP contribution is 2.41. The van der Waals surface area contributed by atoms with Crippen molar-refractivity contribution in [3.63, 3.8) is 0 Å². The lowest BCUT2D eigenvalue weighted by Crippen LogP contribution is -2.36. The Morgan fingerprint density at radius 1 is 1.64 bits per heavy atom. The molecule has 1 N–H and O–H groups in total. The summed E-state index contributed by atoms with van der Waals surface area (Å²) in [5.41, 5.74) is 0.164. The van der Waals surface area contributed by atoms with Gasteiger partial charge in [0.1, 0.15) is 0 Å². The molecule has 0 saturated heterocycles. The molecular weight excluding hydrogens is 136 g/mol. The third kappa shape index (κ3) is 1.48. The van der Waals surface area contributed by atoms with Gasteiger partial charge in [-0.3, -0.25) is 0 Å². The molecule has 1 aliphatic carbocycles. The van der Waals surface area contributed by atoms with Gasteiger partial charge in [-0.25, -0.2) is 0 Å². The van der Waals surface area contributed by atoms with Crippen LogP contribution in [0.4, 0.5) is 0 Å². The van der Waals surface area contributed by atoms with Crippen molar-refractivity contribution in [3.8, 4) is 0 Å². The van der Waals surface area contributed by atoms with Gasteiger partial charge in [-0.2, -0.15) is 0 Å². The molecule has 3 atom stereocenters. The molecule has 0 bridgehead atoms. The first-order chi connectivity index (χ1) is 5.10. The van der Waals surface area contributed by atoms with E-state index in [-0.39, 0.29) is 11.5 Å². The zero-order chi connectivity index (χ0) is 8.48. The average Bonchev–Trinajstić information content (AvgIpc) is 2.00. The van der Waals surface area contributed by atoms with Gasteiger partial charge in [0.05, 0.1) is 6.10 Å². The highest BCUT2D eigenvalue weighted by Gasteiger charge is 2.35. The lowest BCUT2D eigenvalue weighted by atomic mass is 9.67. The third-order valence-corrected chi connectivity index (χ3v) is 3.30. The number of aliphatic hydroxyl groups excluding tert-OH is 1. The average molecular weight is 154 g/mol. The minimum absolute atomic E-state index is 0.119. The Morgan fingerprint density at radius 3 is 2.73 bits per heavy atom. The van der Waals surface area contributed by atoms with Crippen LogP contribution in [0.1, 0.15) is 33.1 Å². The van der Waals surface area contributed by atoms with Gasteiger partial charge in [0.25, 0.3) is 0 Å². The van der Waals surface area contributed by atoms with Crippen molar-refractivity contribution in [1.29, 1.82) is 0 Å². The molecule has 0 aromatic heterocycles. The van der Waals surface area contributed by atoms with Crippen LogP contribution < -0.4 is 0 Å². The van der Waals surface area contributed by atoms with Crippen LogP contribution in [0.5, 0.6) is 0 Å². The summed E-state index contributed by atoms with van der Waals surface area (Å²) in [6.45, 7) is 8.13. The van der Waals surface area contributed by atoms with Gasteiger partial charge < -0.3 is 5.11 Å². The molecule has 1 fully saturated rings. The van der Waals surface area contributed by atoms with Crippen LogP contribution in [0.25, 0.3) is 0 Å². The molecule has 1 heteroatoms. The zero-order valence-corrected chi connectivity index (χ0v) is 7.51. The lowest BCUT2D eigenvalue weighted by Gasteiger charge is -2.40. The maximum atomic E-state index is 9.60. The van der Waals surface area contributed by atoms with E-state index in [4.69, 9.17) is 0 Å². The summed E-state index contributed by atoms with van der Waals surface area (Å²) < 4.78 is 0. The fourth-order valence-electron chi connectivity index (χ4n) is 1.90. The van der Waals surface area contributed by atoms with Gasteiger partial charge in [0, 0.05) is 0 Å². The van der Waals surface area contributed by atoms with Crippen molar-refractivity contribution in [3.05, 3.63) is 12.7 Å². The van der Waals surface area contributed by atoms with E-state index >= 15 is 0 Å². The van der Waals surface area contributed by atoms with Crippen LogP contribution in [0.15, 0.2) is 12.7 Å². The van der Waals surface area contributed by atoms with Gasteiger partial charge in [-0.05, 0) is 24.2 Å². The monoisotopic (exact) mass is 154 g/mol. The molecule has 1 aliphatic rings. The number of allylic oxidation sites excluding steroid dienone is 1. The first kappa shape index (κ1) is 8.79. The normalized spacial score (nSPS) is 45.4. The fourth-order valence-corrected chi connectivity index (χ4v) is 1.90. The van der Waals surface area contributed by atoms with E-state index in [1.807, 2.05) is 6.08 Å². The SMILES string of the molecule is C=CC1(C)CCCC(O)C1C. The number of aliphatic hydroxyl groups is 1. The van der Waals surface area contributed by atoms with E-state index < -0.39 is 0 Å². The zero-order valence-electron chi connectivity index (χ0n) is 7.51. The molecule has 0 amide bonds. The van der Waals surface area contributed by atoms with Gasteiger partial charge >= 0.3 is 0 Å². The van der Waals surface area contributed by atoms with Gasteiger partial charge in [0.2, 0.25) is 0 Å². The topological polar surface area (TPSA) is 20.2 Å². The molecule has 0 heterocycles. The van der Waals surface area contributed by atoms with Crippen molar-refractivity contribution < 1.29 is 5.11 Å². The van der Waals surface area contributed by atoms with Crippen LogP contribution in [-0.4, -0.2) is 11.2 Å². The van der Waals surface area contributed by atoms with Crippen LogP contribution in [0, 0.1) is 11.3 Å². The Balaban J connectivity index is 2.72. The van der Waals surface area contributed by atoms with Crippen molar-refractivity contribution in [2.24, 2.45) is 11.3 Å². The summed E-state index contributed by atoms with van der Waals surface area (Å²) in [6.07, 6.45) is 5.15. The second kappa shape index (κ2) is 2.98. The second-order valence-electron chi connectivity index (χ2n) is 3.96. The summed E-state index contributed by atoms with van der Waals surface area (Å²) in [7, 11) is 0. The molecule has 1 saturated carbocycles. The molecule has 1 nitrogen and oxygen atoms in total. The summed E-state index contributed by atoms with van der Waals surface area (Å²) in [5.74, 6) is 0.369. The first-order valence-electron chi connectivity index (χ1n) is 4.42. The van der Waals surface area contributed by atoms with E-state index in [0.29, 0.717) is 5.92 Å². The van der Waals surface area contributed by atoms with E-state index in [1.165, 1.54) is 6.42 Å². The predicted octanol–water partition coefficient (Wildman–Crippen LogP) is 2.36. The van der Waals surface area contributed by atoms with Crippen LogP contribution >= 0.6 is 0 Å². The Morgan fingerprint density at radius 2 is 2.27 bits per heavy atom. The molecule has 0 aromatic carbocycles. The minimum Gasteiger partial charge on any atom is -0.393 e. The summed E-state index contributed by atoms with van der Waals surface area (Å²) in [5, 5.41) is 9.60. The predicted molar refractivity (Wildman–Crippen MR) is 47.3 cm³/mol. The van der Waals surface area contributed by atoms with Crippen LogP contribution in [0.3, 0.4) is 0 Å². The molecule has 0 spiro atoms. The smallest absolute Gasteiger partial charge is 0.0574 e. The molecule has 0 aromatic rings. The van der Waals surface area contributed by atoms with Crippen molar-refractivity contribution in [1.82, 2.24) is 0 Å². The summed E-state index contributed by atoms with van der Waals surface area (Å²) in [4.78, 5) is 0. The fraction of sp³-hybridized carbons (Fsp3) is 0.800. The van der Waals surface area contributed by atoms with Crippen LogP contribution in [-0.2, 0) is 0 Å². The van der Waals surface area contributed by atoms with Crippen molar-refractivity contribution in [2.45, 2.75) is 39.2 Å².